The molecule has 0 saturated heterocycles. The fourth-order valence-corrected chi connectivity index (χ4v) is 3.52. The van der Waals surface area contributed by atoms with Gasteiger partial charge in [-0.15, -0.1) is 0 Å². The van der Waals surface area contributed by atoms with Crippen LogP contribution in [0.4, 0.5) is 8.78 Å². The van der Waals surface area contributed by atoms with Crippen molar-refractivity contribution in [1.82, 2.24) is 4.98 Å². The van der Waals surface area contributed by atoms with E-state index in [1.54, 1.807) is 31.5 Å². The SMILES string of the molecule is Cc1cc([C@@]2(c3cccc(-c4cccnc4)c3)COC(N)=N2)ccc1OC(F)F. The molecule has 148 valence electrons. The third-order valence-corrected chi connectivity index (χ3v) is 4.93. The van der Waals surface area contributed by atoms with Gasteiger partial charge in [0.1, 0.15) is 12.4 Å². The van der Waals surface area contributed by atoms with Crippen LogP contribution in [0.3, 0.4) is 0 Å². The van der Waals surface area contributed by atoms with Crippen LogP contribution in [0.2, 0.25) is 0 Å². The molecule has 5 nitrogen and oxygen atoms in total. The Balaban J connectivity index is 1.81. The van der Waals surface area contributed by atoms with Crippen molar-refractivity contribution in [3.05, 3.63) is 83.7 Å². The number of rotatable bonds is 5. The van der Waals surface area contributed by atoms with E-state index in [1.165, 1.54) is 6.07 Å². The molecule has 0 fully saturated rings. The molecule has 2 N–H and O–H groups in total. The molecule has 2 heterocycles. The maximum absolute atomic E-state index is 12.6. The Morgan fingerprint density at radius 1 is 1.07 bits per heavy atom. The van der Waals surface area contributed by atoms with Gasteiger partial charge in [0.2, 0.25) is 0 Å². The topological polar surface area (TPSA) is 69.7 Å². The van der Waals surface area contributed by atoms with Gasteiger partial charge in [0.15, 0.2) is 5.54 Å². The molecular formula is C22H19F2N3O2. The summed E-state index contributed by atoms with van der Waals surface area (Å²) in [5.74, 6) is 0.124. The fraction of sp³-hybridized carbons (Fsp3) is 0.182. The number of alkyl halides is 2. The lowest BCUT2D eigenvalue weighted by Gasteiger charge is -2.26. The van der Waals surface area contributed by atoms with Crippen molar-refractivity contribution in [3.8, 4) is 16.9 Å². The van der Waals surface area contributed by atoms with Crippen molar-refractivity contribution in [3.63, 3.8) is 0 Å². The molecule has 0 saturated carbocycles. The van der Waals surface area contributed by atoms with Crippen molar-refractivity contribution in [2.24, 2.45) is 10.7 Å². The average Bonchev–Trinajstić information content (AvgIpc) is 3.13. The summed E-state index contributed by atoms with van der Waals surface area (Å²) >= 11 is 0. The molecule has 1 aromatic heterocycles. The van der Waals surface area contributed by atoms with Gasteiger partial charge in [-0.1, -0.05) is 30.3 Å². The monoisotopic (exact) mass is 395 g/mol. The minimum atomic E-state index is -2.88. The lowest BCUT2D eigenvalue weighted by Crippen LogP contribution is -2.27. The predicted molar refractivity (Wildman–Crippen MR) is 106 cm³/mol. The summed E-state index contributed by atoms with van der Waals surface area (Å²) in [7, 11) is 0. The van der Waals surface area contributed by atoms with Crippen LogP contribution in [-0.2, 0) is 10.3 Å². The molecule has 0 aliphatic carbocycles. The van der Waals surface area contributed by atoms with Gasteiger partial charge in [0.25, 0.3) is 6.02 Å². The zero-order chi connectivity index (χ0) is 20.4. The Morgan fingerprint density at radius 3 is 2.52 bits per heavy atom. The highest BCUT2D eigenvalue weighted by molar-refractivity contribution is 5.76. The lowest BCUT2D eigenvalue weighted by atomic mass is 9.82. The summed E-state index contributed by atoms with van der Waals surface area (Å²) in [4.78, 5) is 8.77. The minimum absolute atomic E-state index is 0.0855. The second-order valence-electron chi connectivity index (χ2n) is 6.78. The molecule has 2 aromatic carbocycles. The first-order chi connectivity index (χ1) is 14.0. The number of aliphatic imine (C=N–C) groups is 1. The number of ether oxygens (including phenoxy) is 2. The minimum Gasteiger partial charge on any atom is -0.462 e. The summed E-state index contributed by atoms with van der Waals surface area (Å²) in [6, 6.07) is 16.8. The van der Waals surface area contributed by atoms with E-state index >= 15 is 0 Å². The number of aryl methyl sites for hydroxylation is 1. The molecule has 0 unspecified atom stereocenters. The van der Waals surface area contributed by atoms with E-state index in [0.717, 1.165) is 22.3 Å². The van der Waals surface area contributed by atoms with E-state index in [1.807, 2.05) is 36.4 Å². The molecule has 3 aromatic rings. The number of hydrogen-bond acceptors (Lipinski definition) is 5. The lowest BCUT2D eigenvalue weighted by molar-refractivity contribution is -0.0503. The highest BCUT2D eigenvalue weighted by Gasteiger charge is 2.40. The second kappa shape index (κ2) is 7.50. The van der Waals surface area contributed by atoms with E-state index in [2.05, 4.69) is 14.7 Å². The van der Waals surface area contributed by atoms with Crippen molar-refractivity contribution < 1.29 is 18.3 Å². The summed E-state index contributed by atoms with van der Waals surface area (Å²) in [6.07, 6.45) is 3.51. The number of pyridine rings is 1. The maximum Gasteiger partial charge on any atom is 0.387 e. The Labute approximate surface area is 166 Å². The Morgan fingerprint density at radius 2 is 1.86 bits per heavy atom. The van der Waals surface area contributed by atoms with Crippen molar-refractivity contribution >= 4 is 6.02 Å². The molecule has 0 spiro atoms. The standard InChI is InChI=1S/C22H19F2N3O2/c1-14-10-18(7-8-19(14)29-20(23)24)22(13-28-21(25)27-22)17-6-2-4-15(11-17)16-5-3-9-26-12-16/h2-12,20H,13H2,1H3,(H2,25,27)/t22-/m0/s1. The van der Waals surface area contributed by atoms with E-state index in [0.29, 0.717) is 5.56 Å². The second-order valence-corrected chi connectivity index (χ2v) is 6.78. The Bertz CT molecular complexity index is 1060. The van der Waals surface area contributed by atoms with Gasteiger partial charge >= 0.3 is 6.61 Å². The van der Waals surface area contributed by atoms with Crippen LogP contribution in [0.5, 0.6) is 5.75 Å². The number of hydrogen-bond donors (Lipinski definition) is 1. The Kier molecular flexibility index (Phi) is 4.88. The maximum atomic E-state index is 12.6. The molecule has 1 atom stereocenters. The molecule has 1 aliphatic heterocycles. The third kappa shape index (κ3) is 3.63. The Hall–Kier alpha value is -3.48. The van der Waals surface area contributed by atoms with Crippen LogP contribution in [0.15, 0.2) is 72.0 Å². The van der Waals surface area contributed by atoms with Crippen LogP contribution in [0, 0.1) is 6.92 Å². The summed E-state index contributed by atoms with van der Waals surface area (Å²) in [5.41, 5.74) is 9.16. The van der Waals surface area contributed by atoms with Crippen molar-refractivity contribution in [2.45, 2.75) is 19.1 Å². The van der Waals surface area contributed by atoms with Crippen LogP contribution < -0.4 is 10.5 Å². The summed E-state index contributed by atoms with van der Waals surface area (Å²) < 4.78 is 35.3. The van der Waals surface area contributed by atoms with E-state index in [9.17, 15) is 8.78 Å². The molecule has 7 heteroatoms. The molecule has 0 amide bonds. The molecular weight excluding hydrogens is 376 g/mol. The highest BCUT2D eigenvalue weighted by atomic mass is 19.3. The fourth-order valence-electron chi connectivity index (χ4n) is 3.52. The number of nitrogens with zero attached hydrogens (tertiary/aromatic N) is 2. The van der Waals surface area contributed by atoms with Crippen molar-refractivity contribution in [2.75, 3.05) is 6.61 Å². The van der Waals surface area contributed by atoms with Gasteiger partial charge in [0, 0.05) is 12.4 Å². The number of nitrogens with two attached hydrogens (primary N) is 1. The molecule has 0 bridgehead atoms. The van der Waals surface area contributed by atoms with Gasteiger partial charge in [-0.3, -0.25) is 4.98 Å². The smallest absolute Gasteiger partial charge is 0.387 e. The number of benzene rings is 2. The molecule has 1 aliphatic rings. The predicted octanol–water partition coefficient (Wildman–Crippen LogP) is 4.25. The molecule has 4 rings (SSSR count). The third-order valence-electron chi connectivity index (χ3n) is 4.93. The number of halogens is 2. The number of aromatic nitrogens is 1. The quantitative estimate of drug-likeness (QED) is 0.701. The van der Waals surface area contributed by atoms with E-state index in [4.69, 9.17) is 10.5 Å². The van der Waals surface area contributed by atoms with Gasteiger partial charge < -0.3 is 15.2 Å². The summed E-state index contributed by atoms with van der Waals surface area (Å²) in [6.45, 7) is -0.957. The van der Waals surface area contributed by atoms with Crippen molar-refractivity contribution in [1.29, 1.82) is 0 Å². The molecule has 29 heavy (non-hydrogen) atoms. The summed E-state index contributed by atoms with van der Waals surface area (Å²) in [5, 5.41) is 0. The van der Waals surface area contributed by atoms with Gasteiger partial charge in [-0.2, -0.15) is 8.78 Å². The zero-order valence-electron chi connectivity index (χ0n) is 15.7. The van der Waals surface area contributed by atoms with Crippen LogP contribution in [0.25, 0.3) is 11.1 Å². The largest absolute Gasteiger partial charge is 0.462 e. The van der Waals surface area contributed by atoms with Crippen LogP contribution >= 0.6 is 0 Å². The van der Waals surface area contributed by atoms with Crippen LogP contribution in [0.1, 0.15) is 16.7 Å². The first-order valence-corrected chi connectivity index (χ1v) is 9.03. The van der Waals surface area contributed by atoms with Gasteiger partial charge in [-0.25, -0.2) is 4.99 Å². The van der Waals surface area contributed by atoms with Gasteiger partial charge in [0.05, 0.1) is 0 Å². The first kappa shape index (κ1) is 18.9. The zero-order valence-corrected chi connectivity index (χ0v) is 15.7. The molecule has 0 radical (unpaired) electrons. The van der Waals surface area contributed by atoms with Crippen LogP contribution in [-0.4, -0.2) is 24.2 Å². The van der Waals surface area contributed by atoms with Gasteiger partial charge in [-0.05, 0) is 59.0 Å². The van der Waals surface area contributed by atoms with E-state index < -0.39 is 12.2 Å². The normalized spacial score (nSPS) is 18.4. The van der Waals surface area contributed by atoms with E-state index in [-0.39, 0.29) is 18.4 Å². The number of amidine groups is 1. The highest BCUT2D eigenvalue weighted by Crippen LogP contribution is 2.40. The first-order valence-electron chi connectivity index (χ1n) is 9.03. The average molecular weight is 395 g/mol.